The number of pyridine rings is 1. The van der Waals surface area contributed by atoms with Crippen LogP contribution in [0.25, 0.3) is 6.08 Å². The maximum absolute atomic E-state index is 13.4. The number of ether oxygens (including phenoxy) is 2. The van der Waals surface area contributed by atoms with Crippen LogP contribution in [0.5, 0.6) is 0 Å². The Balaban J connectivity index is 1.55. The first-order valence-corrected chi connectivity index (χ1v) is 14.7. The minimum atomic E-state index is -1.21. The van der Waals surface area contributed by atoms with Crippen LogP contribution >= 0.6 is 23.1 Å². The fourth-order valence-corrected chi connectivity index (χ4v) is 6.01. The Kier molecular flexibility index (Phi) is 9.31. The number of thiazole rings is 1. The van der Waals surface area contributed by atoms with Crippen LogP contribution in [0.4, 0.5) is 5.13 Å². The van der Waals surface area contributed by atoms with E-state index < -0.39 is 47.2 Å². The molecule has 3 atom stereocenters. The summed E-state index contributed by atoms with van der Waals surface area (Å²) in [5, 5.41) is 15.9. The van der Waals surface area contributed by atoms with Crippen LogP contribution in [0.15, 0.2) is 52.4 Å². The summed E-state index contributed by atoms with van der Waals surface area (Å²) in [5.74, 6) is -2.51. The fourth-order valence-electron chi connectivity index (χ4n) is 4.14. The highest BCUT2D eigenvalue weighted by Gasteiger charge is 2.54. The summed E-state index contributed by atoms with van der Waals surface area (Å²) in [6.07, 6.45) is 5.62. The third-order valence-electron chi connectivity index (χ3n) is 5.96. The summed E-state index contributed by atoms with van der Waals surface area (Å²) in [6, 6.07) is 2.57. The molecule has 15 heteroatoms. The second-order valence-electron chi connectivity index (χ2n) is 10.6. The number of hydrogen-bond acceptors (Lipinski definition) is 13. The molecule has 1 saturated heterocycles. The van der Waals surface area contributed by atoms with Gasteiger partial charge in [-0.3, -0.25) is 24.3 Å². The van der Waals surface area contributed by atoms with Crippen molar-refractivity contribution in [2.45, 2.75) is 51.8 Å². The number of thioether (sulfide) groups is 1. The van der Waals surface area contributed by atoms with Crippen LogP contribution in [0, 0.1) is 5.41 Å². The topological polar surface area (TPSA) is 186 Å². The Morgan fingerprint density at radius 3 is 2.69 bits per heavy atom. The van der Waals surface area contributed by atoms with Gasteiger partial charge in [0.1, 0.15) is 22.8 Å². The summed E-state index contributed by atoms with van der Waals surface area (Å²) >= 11 is 2.38. The number of amides is 2. The number of anilines is 1. The minimum Gasteiger partial charge on any atom is -0.425 e. The number of esters is 2. The van der Waals surface area contributed by atoms with Gasteiger partial charge in [-0.15, -0.1) is 23.1 Å². The number of fused-ring (bicyclic) bond motifs is 1. The first kappa shape index (κ1) is 30.7. The average Bonchev–Trinajstić information content (AvgIpc) is 3.35. The number of nitrogens with one attached hydrogen (secondary N) is 1. The molecule has 0 aliphatic carbocycles. The van der Waals surface area contributed by atoms with Gasteiger partial charge in [0.2, 0.25) is 6.29 Å². The quantitative estimate of drug-likeness (QED) is 0.0941. The van der Waals surface area contributed by atoms with Crippen molar-refractivity contribution in [2.24, 2.45) is 10.6 Å². The Bertz CT molecular complexity index is 1460. The summed E-state index contributed by atoms with van der Waals surface area (Å²) in [6.45, 7) is 7.05. The van der Waals surface area contributed by atoms with Crippen LogP contribution < -0.4 is 11.1 Å². The lowest BCUT2D eigenvalue weighted by molar-refractivity contribution is -0.185. The smallest absolute Gasteiger partial charge is 0.358 e. The highest BCUT2D eigenvalue weighted by atomic mass is 32.2. The first-order valence-electron chi connectivity index (χ1n) is 12.8. The third-order valence-corrected chi connectivity index (χ3v) is 7.94. The van der Waals surface area contributed by atoms with E-state index in [0.29, 0.717) is 11.3 Å². The average molecular weight is 615 g/mol. The lowest BCUT2D eigenvalue weighted by Crippen LogP contribution is -2.71. The molecule has 2 amide bonds. The van der Waals surface area contributed by atoms with Crippen molar-refractivity contribution in [3.8, 4) is 0 Å². The molecule has 222 valence electrons. The summed E-state index contributed by atoms with van der Waals surface area (Å²) in [4.78, 5) is 61.2. The number of allylic oxidation sites excluding steroid dienone is 1. The number of aromatic nitrogens is 2. The first-order chi connectivity index (χ1) is 19.9. The van der Waals surface area contributed by atoms with Gasteiger partial charge in [-0.1, -0.05) is 44.1 Å². The highest BCUT2D eigenvalue weighted by Crippen LogP contribution is 2.41. The number of hydrogen-bond donors (Lipinski definition) is 3. The number of nitrogens with zero attached hydrogens (tertiary/aromatic N) is 4. The SMILES string of the molecule is CC(OC(=O)CC(C)(C)C)OC(=O)C1=C(/C=C\c2cccnc2)CS[C@@H]2[C@H](NC(=O)/C(=N\O)c3csc(N)n3)C(=O)N12. The number of oxime groups is 1. The number of carbonyl (C=O) groups is 4. The van der Waals surface area contributed by atoms with Gasteiger partial charge in [-0.25, -0.2) is 9.78 Å². The second kappa shape index (κ2) is 12.7. The van der Waals surface area contributed by atoms with Crippen LogP contribution in [-0.2, 0) is 28.7 Å². The molecule has 1 unspecified atom stereocenters. The molecular formula is C27H30N6O7S2. The van der Waals surface area contributed by atoms with E-state index in [0.717, 1.165) is 16.9 Å². The van der Waals surface area contributed by atoms with Gasteiger partial charge in [0, 0.05) is 30.5 Å². The molecule has 2 aliphatic heterocycles. The molecular weight excluding hydrogens is 584 g/mol. The van der Waals surface area contributed by atoms with Crippen molar-refractivity contribution in [1.29, 1.82) is 0 Å². The number of carbonyl (C=O) groups excluding carboxylic acids is 4. The zero-order chi connectivity index (χ0) is 30.6. The number of nitrogen functional groups attached to an aromatic ring is 1. The molecule has 2 aliphatic rings. The Hall–Kier alpha value is -4.24. The van der Waals surface area contributed by atoms with E-state index in [-0.39, 0.29) is 28.4 Å². The highest BCUT2D eigenvalue weighted by molar-refractivity contribution is 8.00. The molecule has 0 spiro atoms. The summed E-state index contributed by atoms with van der Waals surface area (Å²) in [7, 11) is 0. The van der Waals surface area contributed by atoms with Crippen molar-refractivity contribution in [2.75, 3.05) is 11.5 Å². The van der Waals surface area contributed by atoms with Gasteiger partial charge in [-0.2, -0.15) is 0 Å². The monoisotopic (exact) mass is 614 g/mol. The minimum absolute atomic E-state index is 0.0311. The van der Waals surface area contributed by atoms with Gasteiger partial charge in [0.15, 0.2) is 10.8 Å². The van der Waals surface area contributed by atoms with Crippen molar-refractivity contribution < 1.29 is 33.9 Å². The van der Waals surface area contributed by atoms with Crippen molar-refractivity contribution in [1.82, 2.24) is 20.2 Å². The van der Waals surface area contributed by atoms with Gasteiger partial charge in [0.25, 0.3) is 11.8 Å². The van der Waals surface area contributed by atoms with E-state index in [9.17, 15) is 24.4 Å². The third kappa shape index (κ3) is 7.15. The molecule has 0 bridgehead atoms. The van der Waals surface area contributed by atoms with Crippen LogP contribution in [-0.4, -0.2) is 73.0 Å². The molecule has 0 saturated carbocycles. The van der Waals surface area contributed by atoms with Crippen LogP contribution in [0.2, 0.25) is 0 Å². The fraction of sp³-hybridized carbons (Fsp3) is 0.370. The lowest BCUT2D eigenvalue weighted by atomic mass is 9.92. The number of rotatable bonds is 9. The van der Waals surface area contributed by atoms with Gasteiger partial charge < -0.3 is 25.7 Å². The molecule has 4 heterocycles. The molecule has 2 aromatic heterocycles. The van der Waals surface area contributed by atoms with Crippen molar-refractivity contribution in [3.63, 3.8) is 0 Å². The summed E-state index contributed by atoms with van der Waals surface area (Å²) < 4.78 is 10.7. The zero-order valence-corrected chi connectivity index (χ0v) is 24.9. The van der Waals surface area contributed by atoms with Crippen molar-refractivity contribution >= 4 is 63.8 Å². The van der Waals surface area contributed by atoms with Crippen LogP contribution in [0.3, 0.4) is 0 Å². The van der Waals surface area contributed by atoms with E-state index in [4.69, 9.17) is 15.2 Å². The normalized spacial score (nSPS) is 19.7. The van der Waals surface area contributed by atoms with Crippen molar-refractivity contribution in [3.05, 3.63) is 58.5 Å². The Labute approximate surface area is 249 Å². The van der Waals surface area contributed by atoms with E-state index in [2.05, 4.69) is 20.4 Å². The second-order valence-corrected chi connectivity index (χ2v) is 12.6. The molecule has 42 heavy (non-hydrogen) atoms. The van der Waals surface area contributed by atoms with Gasteiger partial charge in [0.05, 0.1) is 6.42 Å². The number of β-lactam (4-membered cyclic amide) rings is 1. The molecule has 2 aromatic rings. The van der Waals surface area contributed by atoms with E-state index in [1.54, 1.807) is 30.6 Å². The van der Waals surface area contributed by atoms with E-state index >= 15 is 0 Å². The zero-order valence-electron chi connectivity index (χ0n) is 23.3. The Morgan fingerprint density at radius 2 is 2.07 bits per heavy atom. The van der Waals surface area contributed by atoms with E-state index in [1.807, 2.05) is 26.8 Å². The largest absolute Gasteiger partial charge is 0.425 e. The number of nitrogens with two attached hydrogens (primary N) is 1. The maximum Gasteiger partial charge on any atom is 0.358 e. The maximum atomic E-state index is 13.4. The predicted molar refractivity (Wildman–Crippen MR) is 156 cm³/mol. The molecule has 0 radical (unpaired) electrons. The van der Waals surface area contributed by atoms with Crippen LogP contribution in [0.1, 0.15) is 45.4 Å². The standard InChI is InChI=1S/C27H30N6O7S2/c1-14(39-18(34)10-27(2,3)4)40-25(37)21-16(8-7-15-6-5-9-29-11-15)12-41-24-20(23(36)33(21)24)31-22(35)19(32-38)17-13-42-26(28)30-17/h5-9,11,13-14,20,24,38H,10,12H2,1-4H3,(H2,28,30)(H,31,35)/b8-7-,32-19-/t14?,20-,24-/m1/s1. The predicted octanol–water partition coefficient (Wildman–Crippen LogP) is 2.53. The Morgan fingerprint density at radius 1 is 1.31 bits per heavy atom. The van der Waals surface area contributed by atoms with Gasteiger partial charge in [-0.05, 0) is 22.6 Å². The molecule has 0 aromatic carbocycles. The molecule has 1 fully saturated rings. The molecule has 4 rings (SSSR count). The van der Waals surface area contributed by atoms with Gasteiger partial charge >= 0.3 is 11.9 Å². The molecule has 4 N–H and O–H groups in total. The lowest BCUT2D eigenvalue weighted by Gasteiger charge is -2.49. The van der Waals surface area contributed by atoms with E-state index in [1.165, 1.54) is 29.0 Å². The molecule has 13 nitrogen and oxygen atoms in total. The summed E-state index contributed by atoms with van der Waals surface area (Å²) in [5.41, 5.74) is 6.17.